The number of benzene rings is 2. The van der Waals surface area contributed by atoms with Gasteiger partial charge in [-0.3, -0.25) is 0 Å². The van der Waals surface area contributed by atoms with Crippen molar-refractivity contribution >= 4 is 23.2 Å². The SMILES string of the molecule is CN1Cc2c(Cl)cc(Cl)cc2C(c2cc(C(F)(F)F)cc(C(F)(F)F)c2)C1. The first-order chi connectivity index (χ1) is 12.4. The summed E-state index contributed by atoms with van der Waals surface area (Å²) in [6.45, 7) is 0.662. The van der Waals surface area contributed by atoms with Crippen LogP contribution in [0.25, 0.3) is 0 Å². The fraction of sp³-hybridized carbons (Fsp3) is 0.333. The highest BCUT2D eigenvalue weighted by Gasteiger charge is 2.38. The van der Waals surface area contributed by atoms with Gasteiger partial charge in [0.05, 0.1) is 11.1 Å². The summed E-state index contributed by atoms with van der Waals surface area (Å²) in [7, 11) is 1.72. The molecule has 3 rings (SSSR count). The first kappa shape index (κ1) is 20.3. The van der Waals surface area contributed by atoms with E-state index in [4.69, 9.17) is 23.2 Å². The second-order valence-corrected chi connectivity index (χ2v) is 7.39. The highest BCUT2D eigenvalue weighted by atomic mass is 35.5. The van der Waals surface area contributed by atoms with Crippen molar-refractivity contribution in [2.24, 2.45) is 0 Å². The van der Waals surface area contributed by atoms with E-state index in [1.54, 1.807) is 18.0 Å². The second-order valence-electron chi connectivity index (χ2n) is 6.54. The molecule has 0 aromatic heterocycles. The van der Waals surface area contributed by atoms with E-state index in [-0.39, 0.29) is 23.2 Å². The van der Waals surface area contributed by atoms with Crippen LogP contribution in [0.2, 0.25) is 10.0 Å². The van der Waals surface area contributed by atoms with Gasteiger partial charge in [0, 0.05) is 29.1 Å². The van der Waals surface area contributed by atoms with E-state index in [0.717, 1.165) is 12.1 Å². The maximum absolute atomic E-state index is 13.2. The number of alkyl halides is 6. The topological polar surface area (TPSA) is 3.24 Å². The number of nitrogens with zero attached hydrogens (tertiary/aromatic N) is 1. The summed E-state index contributed by atoms with van der Waals surface area (Å²) in [6.07, 6.45) is -9.79. The second kappa shape index (κ2) is 6.87. The van der Waals surface area contributed by atoms with Crippen LogP contribution in [0.1, 0.15) is 33.7 Å². The zero-order valence-corrected chi connectivity index (χ0v) is 15.4. The summed E-state index contributed by atoms with van der Waals surface area (Å²) in [5.41, 5.74) is -1.57. The Morgan fingerprint density at radius 3 is 1.96 bits per heavy atom. The van der Waals surface area contributed by atoms with Crippen molar-refractivity contribution in [3.8, 4) is 0 Å². The molecule has 0 N–H and O–H groups in total. The molecular weight excluding hydrogens is 415 g/mol. The van der Waals surface area contributed by atoms with E-state index in [0.29, 0.717) is 22.7 Å². The van der Waals surface area contributed by atoms with Crippen LogP contribution in [0.4, 0.5) is 26.3 Å². The van der Waals surface area contributed by atoms with Crippen LogP contribution in [0.5, 0.6) is 0 Å². The average molecular weight is 428 g/mol. The third-order valence-electron chi connectivity index (χ3n) is 4.50. The lowest BCUT2D eigenvalue weighted by Crippen LogP contribution is -2.31. The number of rotatable bonds is 1. The molecule has 1 unspecified atom stereocenters. The van der Waals surface area contributed by atoms with Crippen LogP contribution >= 0.6 is 23.2 Å². The smallest absolute Gasteiger partial charge is 0.301 e. The van der Waals surface area contributed by atoms with Crippen LogP contribution in [0, 0.1) is 0 Å². The summed E-state index contributed by atoms with van der Waals surface area (Å²) in [5.74, 6) is -0.724. The molecule has 1 heterocycles. The van der Waals surface area contributed by atoms with Crippen LogP contribution in [-0.4, -0.2) is 18.5 Å². The molecule has 0 spiro atoms. The molecule has 2 aromatic rings. The molecule has 2 aromatic carbocycles. The lowest BCUT2D eigenvalue weighted by Gasteiger charge is -2.34. The summed E-state index contributed by atoms with van der Waals surface area (Å²) >= 11 is 12.2. The van der Waals surface area contributed by atoms with Gasteiger partial charge in [0.2, 0.25) is 0 Å². The lowest BCUT2D eigenvalue weighted by atomic mass is 9.83. The average Bonchev–Trinajstić information content (AvgIpc) is 2.53. The maximum Gasteiger partial charge on any atom is 0.416 e. The first-order valence-electron chi connectivity index (χ1n) is 7.82. The first-order valence-corrected chi connectivity index (χ1v) is 8.57. The predicted octanol–water partition coefficient (Wildman–Crippen LogP) is 6.61. The molecule has 0 saturated carbocycles. The molecule has 9 heteroatoms. The van der Waals surface area contributed by atoms with Gasteiger partial charge in [-0.15, -0.1) is 0 Å². The fourth-order valence-corrected chi connectivity index (χ4v) is 3.88. The van der Waals surface area contributed by atoms with Gasteiger partial charge in [0.1, 0.15) is 0 Å². The Kier molecular flexibility index (Phi) is 5.16. The van der Waals surface area contributed by atoms with Gasteiger partial charge in [-0.25, -0.2) is 0 Å². The number of hydrogen-bond donors (Lipinski definition) is 0. The predicted molar refractivity (Wildman–Crippen MR) is 91.1 cm³/mol. The molecule has 0 radical (unpaired) electrons. The molecule has 0 bridgehead atoms. The van der Waals surface area contributed by atoms with Crippen molar-refractivity contribution in [1.29, 1.82) is 0 Å². The van der Waals surface area contributed by atoms with Gasteiger partial charge >= 0.3 is 12.4 Å². The number of hydrogen-bond acceptors (Lipinski definition) is 1. The van der Waals surface area contributed by atoms with Crippen molar-refractivity contribution in [2.75, 3.05) is 13.6 Å². The van der Waals surface area contributed by atoms with Crippen LogP contribution in [0.15, 0.2) is 30.3 Å². The maximum atomic E-state index is 13.2. The van der Waals surface area contributed by atoms with Gasteiger partial charge in [-0.05, 0) is 54.1 Å². The third kappa shape index (κ3) is 4.20. The summed E-state index contributed by atoms with van der Waals surface area (Å²) in [6, 6.07) is 4.70. The van der Waals surface area contributed by atoms with E-state index in [2.05, 4.69) is 0 Å². The molecule has 0 fully saturated rings. The summed E-state index contributed by atoms with van der Waals surface area (Å²) in [4.78, 5) is 1.79. The molecule has 146 valence electrons. The van der Waals surface area contributed by atoms with Crippen molar-refractivity contribution < 1.29 is 26.3 Å². The Balaban J connectivity index is 2.22. The quantitative estimate of drug-likeness (QED) is 0.462. The standard InChI is InChI=1S/C18H13Cl2F6N/c1-27-7-14(13-5-12(19)6-16(20)15(13)8-27)9-2-10(17(21,22)23)4-11(3-9)18(24,25)26/h2-6,14H,7-8H2,1H3. The molecule has 0 saturated heterocycles. The zero-order chi connectivity index (χ0) is 20.1. The van der Waals surface area contributed by atoms with Crippen molar-refractivity contribution in [3.05, 3.63) is 68.2 Å². The largest absolute Gasteiger partial charge is 0.416 e. The zero-order valence-electron chi connectivity index (χ0n) is 13.8. The monoisotopic (exact) mass is 427 g/mol. The summed E-state index contributed by atoms with van der Waals surface area (Å²) < 4.78 is 79.1. The molecule has 0 aliphatic carbocycles. The minimum Gasteiger partial charge on any atom is -0.301 e. The summed E-state index contributed by atoms with van der Waals surface area (Å²) in [5, 5.41) is 0.605. The molecule has 1 aliphatic rings. The van der Waals surface area contributed by atoms with Crippen molar-refractivity contribution in [3.63, 3.8) is 0 Å². The number of likely N-dealkylation sites (N-methyl/N-ethyl adjacent to an activating group) is 1. The molecule has 1 aliphatic heterocycles. The Morgan fingerprint density at radius 1 is 0.889 bits per heavy atom. The minimum atomic E-state index is -4.90. The molecular formula is C18H13Cl2F6N. The van der Waals surface area contributed by atoms with Crippen LogP contribution in [-0.2, 0) is 18.9 Å². The van der Waals surface area contributed by atoms with E-state index >= 15 is 0 Å². The van der Waals surface area contributed by atoms with Gasteiger partial charge in [-0.2, -0.15) is 26.3 Å². The fourth-order valence-electron chi connectivity index (χ4n) is 3.31. The Hall–Kier alpha value is -1.44. The van der Waals surface area contributed by atoms with E-state index in [1.807, 2.05) is 0 Å². The normalized spacial score (nSPS) is 18.5. The minimum absolute atomic E-state index is 0.0803. The molecule has 1 atom stereocenters. The number of halogens is 8. The molecule has 1 nitrogen and oxygen atoms in total. The van der Waals surface area contributed by atoms with Gasteiger partial charge in [0.25, 0.3) is 0 Å². The Labute approximate surface area is 161 Å². The highest BCUT2D eigenvalue weighted by molar-refractivity contribution is 6.35. The van der Waals surface area contributed by atoms with Gasteiger partial charge in [-0.1, -0.05) is 23.2 Å². The van der Waals surface area contributed by atoms with Crippen LogP contribution in [0.3, 0.4) is 0 Å². The molecule has 0 amide bonds. The molecule has 27 heavy (non-hydrogen) atoms. The van der Waals surface area contributed by atoms with Gasteiger partial charge in [0.15, 0.2) is 0 Å². The van der Waals surface area contributed by atoms with E-state index in [9.17, 15) is 26.3 Å². The lowest BCUT2D eigenvalue weighted by molar-refractivity contribution is -0.143. The Bertz CT molecular complexity index is 843. The van der Waals surface area contributed by atoms with E-state index < -0.39 is 29.4 Å². The van der Waals surface area contributed by atoms with Crippen molar-refractivity contribution in [1.82, 2.24) is 4.90 Å². The van der Waals surface area contributed by atoms with Crippen LogP contribution < -0.4 is 0 Å². The van der Waals surface area contributed by atoms with E-state index in [1.165, 1.54) is 6.07 Å². The number of fused-ring (bicyclic) bond motifs is 1. The highest BCUT2D eigenvalue weighted by Crippen LogP contribution is 2.42. The van der Waals surface area contributed by atoms with Crippen molar-refractivity contribution in [2.45, 2.75) is 24.8 Å². The third-order valence-corrected chi connectivity index (χ3v) is 5.06. The van der Waals surface area contributed by atoms with Gasteiger partial charge < -0.3 is 4.90 Å². The Morgan fingerprint density at radius 2 is 1.44 bits per heavy atom.